The molecule has 7 nitrogen and oxygen atoms in total. The molecule has 2 heterocycles. The second kappa shape index (κ2) is 6.95. The van der Waals surface area contributed by atoms with Crippen LogP contribution in [0.4, 0.5) is 4.79 Å². The quantitative estimate of drug-likeness (QED) is 0.879. The van der Waals surface area contributed by atoms with Crippen LogP contribution in [-0.2, 0) is 9.53 Å². The lowest BCUT2D eigenvalue weighted by Gasteiger charge is -2.25. The van der Waals surface area contributed by atoms with Crippen molar-refractivity contribution in [2.24, 2.45) is 0 Å². The molecule has 0 unspecified atom stereocenters. The number of rotatable bonds is 4. The number of carbonyl (C=O) groups excluding carboxylic acids is 1. The minimum atomic E-state index is -0.908. The van der Waals surface area contributed by atoms with Gasteiger partial charge >= 0.3 is 12.1 Å². The lowest BCUT2D eigenvalue weighted by Crippen LogP contribution is -2.41. The third-order valence-electron chi connectivity index (χ3n) is 3.56. The monoisotopic (exact) mass is 321 g/mol. The standard InChI is InChI=1S/C16H23N3O4/c1-16(2,3)23-15(22)18-12-6-9-19(10-12)13(14(20)21)11-4-7-17-8-5-11/h4-5,7-8,12-13H,6,9-10H2,1-3H3,(H,18,22)(H,20,21)/t12-,13+/m1/s1. The van der Waals surface area contributed by atoms with Gasteiger partial charge in [0.25, 0.3) is 0 Å². The number of carbonyl (C=O) groups is 2. The third kappa shape index (κ3) is 4.92. The highest BCUT2D eigenvalue weighted by atomic mass is 16.6. The van der Waals surface area contributed by atoms with Crippen LogP contribution in [0.3, 0.4) is 0 Å². The van der Waals surface area contributed by atoms with Crippen LogP contribution in [0, 0.1) is 0 Å². The van der Waals surface area contributed by atoms with Crippen LogP contribution in [0.1, 0.15) is 38.8 Å². The zero-order chi connectivity index (χ0) is 17.0. The molecule has 0 aromatic carbocycles. The van der Waals surface area contributed by atoms with Crippen LogP contribution in [0.25, 0.3) is 0 Å². The zero-order valence-corrected chi connectivity index (χ0v) is 13.7. The molecule has 2 rings (SSSR count). The number of nitrogens with one attached hydrogen (secondary N) is 1. The Morgan fingerprint density at radius 3 is 2.61 bits per heavy atom. The third-order valence-corrected chi connectivity index (χ3v) is 3.56. The fourth-order valence-corrected chi connectivity index (χ4v) is 2.67. The Hall–Kier alpha value is -2.15. The molecule has 0 spiro atoms. The normalized spacial score (nSPS) is 20.0. The molecule has 1 aromatic heterocycles. The summed E-state index contributed by atoms with van der Waals surface area (Å²) >= 11 is 0. The topological polar surface area (TPSA) is 91.8 Å². The number of carboxylic acid groups (broad SMARTS) is 1. The number of amides is 1. The maximum absolute atomic E-state index is 11.8. The molecule has 0 saturated carbocycles. The van der Waals surface area contributed by atoms with Gasteiger partial charge in [0.2, 0.25) is 0 Å². The average molecular weight is 321 g/mol. The fraction of sp³-hybridized carbons (Fsp3) is 0.562. The molecular formula is C16H23N3O4. The second-order valence-corrected chi connectivity index (χ2v) is 6.65. The molecule has 1 fully saturated rings. The Labute approximate surface area is 135 Å². The number of pyridine rings is 1. The predicted molar refractivity (Wildman–Crippen MR) is 84.0 cm³/mol. The van der Waals surface area contributed by atoms with Crippen molar-refractivity contribution in [2.45, 2.75) is 44.9 Å². The summed E-state index contributed by atoms with van der Waals surface area (Å²) in [5.74, 6) is -0.908. The van der Waals surface area contributed by atoms with E-state index in [0.29, 0.717) is 25.1 Å². The Bertz CT molecular complexity index is 556. The van der Waals surface area contributed by atoms with Gasteiger partial charge in [0, 0.05) is 31.5 Å². The van der Waals surface area contributed by atoms with E-state index in [1.807, 2.05) is 4.90 Å². The van der Waals surface area contributed by atoms with E-state index in [9.17, 15) is 14.7 Å². The minimum absolute atomic E-state index is 0.117. The number of nitrogens with zero attached hydrogens (tertiary/aromatic N) is 2. The number of alkyl carbamates (subject to hydrolysis) is 1. The van der Waals surface area contributed by atoms with Gasteiger partial charge in [-0.05, 0) is 44.9 Å². The first-order valence-corrected chi connectivity index (χ1v) is 7.62. The van der Waals surface area contributed by atoms with Crippen LogP contribution in [0.15, 0.2) is 24.5 Å². The number of aromatic nitrogens is 1. The van der Waals surface area contributed by atoms with E-state index in [1.54, 1.807) is 45.3 Å². The van der Waals surface area contributed by atoms with Crippen LogP contribution >= 0.6 is 0 Å². The van der Waals surface area contributed by atoms with Crippen molar-refractivity contribution in [3.8, 4) is 0 Å². The first-order valence-electron chi connectivity index (χ1n) is 7.62. The van der Waals surface area contributed by atoms with Gasteiger partial charge in [-0.2, -0.15) is 0 Å². The summed E-state index contributed by atoms with van der Waals surface area (Å²) in [5, 5.41) is 12.3. The smallest absolute Gasteiger partial charge is 0.407 e. The number of likely N-dealkylation sites (tertiary alicyclic amines) is 1. The van der Waals surface area contributed by atoms with Crippen LogP contribution in [0.5, 0.6) is 0 Å². The molecule has 1 aliphatic heterocycles. The largest absolute Gasteiger partial charge is 0.480 e. The van der Waals surface area contributed by atoms with Gasteiger partial charge in [-0.1, -0.05) is 0 Å². The lowest BCUT2D eigenvalue weighted by molar-refractivity contribution is -0.143. The molecule has 23 heavy (non-hydrogen) atoms. The average Bonchev–Trinajstić information content (AvgIpc) is 2.85. The molecule has 1 saturated heterocycles. The van der Waals surface area contributed by atoms with E-state index in [-0.39, 0.29) is 6.04 Å². The van der Waals surface area contributed by atoms with Gasteiger partial charge in [0.05, 0.1) is 0 Å². The lowest BCUT2D eigenvalue weighted by atomic mass is 10.1. The maximum atomic E-state index is 11.8. The number of hydrogen-bond donors (Lipinski definition) is 2. The summed E-state index contributed by atoms with van der Waals surface area (Å²) in [6.07, 6.45) is 3.38. The molecule has 0 radical (unpaired) electrons. The van der Waals surface area contributed by atoms with Crippen LogP contribution < -0.4 is 5.32 Å². The van der Waals surface area contributed by atoms with Crippen molar-refractivity contribution in [1.29, 1.82) is 0 Å². The highest BCUT2D eigenvalue weighted by molar-refractivity contribution is 5.75. The molecule has 0 aliphatic carbocycles. The molecule has 7 heteroatoms. The van der Waals surface area contributed by atoms with Crippen molar-refractivity contribution in [2.75, 3.05) is 13.1 Å². The summed E-state index contributed by atoms with van der Waals surface area (Å²) in [5.41, 5.74) is 0.133. The molecule has 126 valence electrons. The molecule has 1 aliphatic rings. The number of ether oxygens (including phenoxy) is 1. The van der Waals surface area contributed by atoms with E-state index >= 15 is 0 Å². The van der Waals surface area contributed by atoms with Gasteiger partial charge in [-0.25, -0.2) is 4.79 Å². The van der Waals surface area contributed by atoms with E-state index in [0.717, 1.165) is 0 Å². The number of hydrogen-bond acceptors (Lipinski definition) is 5. The number of aliphatic carboxylic acids is 1. The summed E-state index contributed by atoms with van der Waals surface area (Å²) < 4.78 is 5.23. The van der Waals surface area contributed by atoms with Gasteiger partial charge < -0.3 is 15.2 Å². The maximum Gasteiger partial charge on any atom is 0.407 e. The first-order chi connectivity index (χ1) is 10.8. The molecule has 2 atom stereocenters. The van der Waals surface area contributed by atoms with Crippen molar-refractivity contribution in [3.05, 3.63) is 30.1 Å². The summed E-state index contributed by atoms with van der Waals surface area (Å²) in [4.78, 5) is 29.2. The fourth-order valence-electron chi connectivity index (χ4n) is 2.67. The molecule has 1 amide bonds. The van der Waals surface area contributed by atoms with Gasteiger partial charge in [-0.3, -0.25) is 14.7 Å². The van der Waals surface area contributed by atoms with Gasteiger partial charge in [0.15, 0.2) is 0 Å². The Kier molecular flexibility index (Phi) is 5.20. The molecule has 0 bridgehead atoms. The van der Waals surface area contributed by atoms with Gasteiger partial charge in [-0.15, -0.1) is 0 Å². The number of carboxylic acids is 1. The summed E-state index contributed by atoms with van der Waals surface area (Å²) in [6, 6.07) is 2.55. The first kappa shape index (κ1) is 17.2. The highest BCUT2D eigenvalue weighted by Crippen LogP contribution is 2.25. The van der Waals surface area contributed by atoms with Crippen LogP contribution in [0.2, 0.25) is 0 Å². The van der Waals surface area contributed by atoms with E-state index in [1.165, 1.54) is 0 Å². The van der Waals surface area contributed by atoms with Crippen molar-refractivity contribution >= 4 is 12.1 Å². The Morgan fingerprint density at radius 1 is 1.39 bits per heavy atom. The van der Waals surface area contributed by atoms with E-state index < -0.39 is 23.7 Å². The highest BCUT2D eigenvalue weighted by Gasteiger charge is 2.34. The van der Waals surface area contributed by atoms with E-state index in [2.05, 4.69) is 10.3 Å². The SMILES string of the molecule is CC(C)(C)OC(=O)N[C@@H]1CCN([C@H](C(=O)O)c2ccncc2)C1. The Balaban J connectivity index is 1.98. The second-order valence-electron chi connectivity index (χ2n) is 6.65. The van der Waals surface area contributed by atoms with E-state index in [4.69, 9.17) is 4.74 Å². The predicted octanol–water partition coefficient (Wildman–Crippen LogP) is 1.81. The minimum Gasteiger partial charge on any atom is -0.480 e. The summed E-state index contributed by atoms with van der Waals surface area (Å²) in [7, 11) is 0. The molecule has 2 N–H and O–H groups in total. The van der Waals surface area contributed by atoms with Crippen molar-refractivity contribution in [3.63, 3.8) is 0 Å². The zero-order valence-electron chi connectivity index (χ0n) is 13.7. The summed E-state index contributed by atoms with van der Waals surface area (Å²) in [6.45, 7) is 6.48. The van der Waals surface area contributed by atoms with Crippen molar-refractivity contribution < 1.29 is 19.4 Å². The van der Waals surface area contributed by atoms with Crippen LogP contribution in [-0.4, -0.2) is 51.8 Å². The molecule has 1 aromatic rings. The van der Waals surface area contributed by atoms with Crippen molar-refractivity contribution in [1.82, 2.24) is 15.2 Å². The van der Waals surface area contributed by atoms with Gasteiger partial charge in [0.1, 0.15) is 11.6 Å². The molecular weight excluding hydrogens is 298 g/mol. The Morgan fingerprint density at radius 2 is 2.04 bits per heavy atom.